The van der Waals surface area contributed by atoms with Gasteiger partial charge in [0.25, 0.3) is 0 Å². The highest BCUT2D eigenvalue weighted by molar-refractivity contribution is 6.32. The third-order valence-electron chi connectivity index (χ3n) is 3.82. The smallest absolute Gasteiger partial charge is 0.410 e. The maximum atomic E-state index is 12.1. The Kier molecular flexibility index (Phi) is 5.70. The summed E-state index contributed by atoms with van der Waals surface area (Å²) in [5.74, 6) is -2.65. The molecule has 0 spiro atoms. The van der Waals surface area contributed by atoms with Gasteiger partial charge in [0.15, 0.2) is 0 Å². The van der Waals surface area contributed by atoms with Crippen LogP contribution in [0, 0.1) is 0 Å². The van der Waals surface area contributed by atoms with Crippen molar-refractivity contribution in [1.82, 2.24) is 4.90 Å². The fraction of sp³-hybridized carbons (Fsp3) is 0.438. The van der Waals surface area contributed by atoms with E-state index in [0.717, 1.165) is 5.56 Å². The Labute approximate surface area is 133 Å². The van der Waals surface area contributed by atoms with Crippen LogP contribution in [0.5, 0.6) is 0 Å². The molecule has 2 rings (SSSR count). The fourth-order valence-corrected chi connectivity index (χ4v) is 2.63. The van der Waals surface area contributed by atoms with Crippen molar-refractivity contribution in [3.8, 4) is 0 Å². The van der Waals surface area contributed by atoms with Crippen LogP contribution in [0.25, 0.3) is 0 Å². The lowest BCUT2D eigenvalue weighted by atomic mass is 10.0. The molecule has 23 heavy (non-hydrogen) atoms. The van der Waals surface area contributed by atoms with Gasteiger partial charge in [-0.1, -0.05) is 30.3 Å². The van der Waals surface area contributed by atoms with E-state index in [1.807, 2.05) is 30.3 Å². The lowest BCUT2D eigenvalue weighted by molar-refractivity contribution is -0.150. The molecule has 1 unspecified atom stereocenters. The number of carbonyl (C=O) groups is 3. The number of hydrogen-bond donors (Lipinski definition) is 2. The van der Waals surface area contributed by atoms with Crippen LogP contribution in [0.3, 0.4) is 0 Å². The number of Topliss-reactive ketones (excluding diaryl/α,β-unsaturated/α-hetero) is 1. The number of rotatable bonds is 6. The van der Waals surface area contributed by atoms with E-state index in [2.05, 4.69) is 0 Å². The first kappa shape index (κ1) is 17.0. The number of benzene rings is 1. The van der Waals surface area contributed by atoms with Gasteiger partial charge in [-0.3, -0.25) is 4.79 Å². The second-order valence-corrected chi connectivity index (χ2v) is 5.44. The lowest BCUT2D eigenvalue weighted by Gasteiger charge is -2.27. The second kappa shape index (κ2) is 7.73. The Hall–Kier alpha value is -2.41. The number of nitrogens with zero attached hydrogens (tertiary/aromatic N) is 1. The summed E-state index contributed by atoms with van der Waals surface area (Å²) in [5.41, 5.74) is 0.846. The first-order valence-corrected chi connectivity index (χ1v) is 7.40. The van der Waals surface area contributed by atoms with Gasteiger partial charge in [-0.05, 0) is 18.4 Å². The van der Waals surface area contributed by atoms with E-state index < -0.39 is 36.4 Å². The number of carboxylic acids is 1. The number of aliphatic hydroxyl groups is 1. The first-order chi connectivity index (χ1) is 11.0. The maximum absolute atomic E-state index is 12.1. The predicted molar refractivity (Wildman–Crippen MR) is 79.6 cm³/mol. The van der Waals surface area contributed by atoms with Crippen molar-refractivity contribution in [1.29, 1.82) is 0 Å². The normalized spacial score (nSPS) is 18.5. The highest BCUT2D eigenvalue weighted by Crippen LogP contribution is 2.23. The van der Waals surface area contributed by atoms with Crippen LogP contribution in [-0.2, 0) is 20.9 Å². The molecule has 0 bridgehead atoms. The van der Waals surface area contributed by atoms with Gasteiger partial charge in [0.2, 0.25) is 5.78 Å². The molecule has 1 aromatic carbocycles. The van der Waals surface area contributed by atoms with Crippen LogP contribution < -0.4 is 0 Å². The van der Waals surface area contributed by atoms with Gasteiger partial charge in [0, 0.05) is 13.0 Å². The van der Waals surface area contributed by atoms with E-state index in [1.165, 1.54) is 4.90 Å². The largest absolute Gasteiger partial charge is 0.475 e. The molecule has 1 aromatic rings. The van der Waals surface area contributed by atoms with Crippen molar-refractivity contribution < 1.29 is 29.3 Å². The Bertz CT molecular complexity index is 573. The molecule has 0 aromatic heterocycles. The van der Waals surface area contributed by atoms with Gasteiger partial charge in [0.05, 0.1) is 12.1 Å². The zero-order valence-corrected chi connectivity index (χ0v) is 12.6. The Morgan fingerprint density at radius 3 is 2.61 bits per heavy atom. The Balaban J connectivity index is 1.91. The summed E-state index contributed by atoms with van der Waals surface area (Å²) in [4.78, 5) is 35.3. The van der Waals surface area contributed by atoms with Crippen molar-refractivity contribution >= 4 is 17.8 Å². The van der Waals surface area contributed by atoms with Gasteiger partial charge < -0.3 is 19.8 Å². The van der Waals surface area contributed by atoms with Crippen LogP contribution >= 0.6 is 0 Å². The number of ketones is 1. The molecule has 1 saturated heterocycles. The molecule has 0 aliphatic carbocycles. The summed E-state index contributed by atoms with van der Waals surface area (Å²) >= 11 is 0. The van der Waals surface area contributed by atoms with Gasteiger partial charge in [-0.25, -0.2) is 9.59 Å². The second-order valence-electron chi connectivity index (χ2n) is 5.44. The van der Waals surface area contributed by atoms with Crippen molar-refractivity contribution in [2.24, 2.45) is 0 Å². The summed E-state index contributed by atoms with van der Waals surface area (Å²) in [5, 5.41) is 18.6. The van der Waals surface area contributed by atoms with Gasteiger partial charge >= 0.3 is 12.1 Å². The van der Waals surface area contributed by atoms with Gasteiger partial charge in [0.1, 0.15) is 6.61 Å². The quantitative estimate of drug-likeness (QED) is 0.763. The predicted octanol–water partition coefficient (Wildman–Crippen LogP) is 1.19. The zero-order valence-electron chi connectivity index (χ0n) is 12.6. The van der Waals surface area contributed by atoms with Crippen molar-refractivity contribution in [2.45, 2.75) is 38.0 Å². The molecular formula is C16H19NO6. The summed E-state index contributed by atoms with van der Waals surface area (Å²) in [6.45, 7) is 0.531. The molecule has 7 nitrogen and oxygen atoms in total. The summed E-state index contributed by atoms with van der Waals surface area (Å²) < 4.78 is 5.22. The molecule has 2 N–H and O–H groups in total. The van der Waals surface area contributed by atoms with Crippen LogP contribution in [0.1, 0.15) is 24.8 Å². The van der Waals surface area contributed by atoms with Crippen LogP contribution in [0.4, 0.5) is 4.79 Å². The van der Waals surface area contributed by atoms with Gasteiger partial charge in [-0.15, -0.1) is 0 Å². The highest BCUT2D eigenvalue weighted by Gasteiger charge is 2.36. The van der Waals surface area contributed by atoms with E-state index in [0.29, 0.717) is 19.4 Å². The lowest BCUT2D eigenvalue weighted by Crippen LogP contribution is -2.44. The third kappa shape index (κ3) is 4.53. The summed E-state index contributed by atoms with van der Waals surface area (Å²) in [6, 6.07) is 8.59. The highest BCUT2D eigenvalue weighted by atomic mass is 16.6. The Morgan fingerprint density at radius 2 is 1.96 bits per heavy atom. The van der Waals surface area contributed by atoms with Crippen molar-refractivity contribution in [2.75, 3.05) is 6.54 Å². The zero-order chi connectivity index (χ0) is 16.8. The molecule has 1 amide bonds. The van der Waals surface area contributed by atoms with Crippen LogP contribution in [0.2, 0.25) is 0 Å². The van der Waals surface area contributed by atoms with E-state index in [4.69, 9.17) is 9.84 Å². The average Bonchev–Trinajstić information content (AvgIpc) is 3.03. The number of ether oxygens (including phenoxy) is 1. The number of amides is 1. The average molecular weight is 321 g/mol. The number of aliphatic hydroxyl groups excluding tert-OH is 1. The van der Waals surface area contributed by atoms with Crippen LogP contribution in [-0.4, -0.2) is 51.6 Å². The molecule has 7 heteroatoms. The molecule has 0 saturated carbocycles. The SMILES string of the molecule is O=C(O)C(=O)CC(O)[C@H]1CCCN1C(=O)OCc1ccccc1. The van der Waals surface area contributed by atoms with E-state index in [-0.39, 0.29) is 6.61 Å². The number of hydrogen-bond acceptors (Lipinski definition) is 5. The minimum atomic E-state index is -1.58. The number of carboxylic acid groups (broad SMARTS) is 1. The summed E-state index contributed by atoms with van der Waals surface area (Å²) in [6.07, 6.45) is -1.11. The number of carbonyl (C=O) groups excluding carboxylic acids is 2. The van der Waals surface area contributed by atoms with Gasteiger partial charge in [-0.2, -0.15) is 0 Å². The van der Waals surface area contributed by atoms with E-state index in [1.54, 1.807) is 0 Å². The maximum Gasteiger partial charge on any atom is 0.410 e. The topological polar surface area (TPSA) is 104 Å². The first-order valence-electron chi connectivity index (χ1n) is 7.40. The van der Waals surface area contributed by atoms with Crippen LogP contribution in [0.15, 0.2) is 30.3 Å². The third-order valence-corrected chi connectivity index (χ3v) is 3.82. The molecule has 0 radical (unpaired) electrons. The minimum absolute atomic E-state index is 0.118. The van der Waals surface area contributed by atoms with E-state index >= 15 is 0 Å². The molecule has 124 valence electrons. The Morgan fingerprint density at radius 1 is 1.26 bits per heavy atom. The monoisotopic (exact) mass is 321 g/mol. The molecule has 1 aliphatic rings. The minimum Gasteiger partial charge on any atom is -0.475 e. The van der Waals surface area contributed by atoms with E-state index in [9.17, 15) is 19.5 Å². The van der Waals surface area contributed by atoms with Crippen molar-refractivity contribution in [3.05, 3.63) is 35.9 Å². The molecule has 1 heterocycles. The number of likely N-dealkylation sites (tertiary alicyclic amines) is 1. The van der Waals surface area contributed by atoms with Crippen molar-refractivity contribution in [3.63, 3.8) is 0 Å². The standard InChI is InChI=1S/C16H19NO6/c18-13(9-14(19)15(20)21)12-7-4-8-17(12)16(22)23-10-11-5-2-1-3-6-11/h1-3,5-6,12-13,18H,4,7-10H2,(H,20,21)/t12-,13?/m1/s1. The number of aliphatic carboxylic acids is 1. The molecule has 1 aliphatic heterocycles. The summed E-state index contributed by atoms with van der Waals surface area (Å²) in [7, 11) is 0. The molecule has 1 fully saturated rings. The molecule has 2 atom stereocenters. The molecular weight excluding hydrogens is 302 g/mol. The fourth-order valence-electron chi connectivity index (χ4n) is 2.63.